The molecule has 0 rings (SSSR count). The highest BCUT2D eigenvalue weighted by Gasteiger charge is 2.37. The molecule has 0 spiro atoms. The molecule has 0 aliphatic heterocycles. The number of ether oxygens (including phenoxy) is 2. The first-order chi connectivity index (χ1) is 9.55. The molecule has 124 valence electrons. The maximum absolute atomic E-state index is 9.49. The minimum Gasteiger partial charge on any atom is -0.412 e. The molecule has 5 heteroatoms. The maximum atomic E-state index is 9.49. The Balaban J connectivity index is 4.89. The van der Waals surface area contributed by atoms with Gasteiger partial charge in [0.1, 0.15) is 6.79 Å². The van der Waals surface area contributed by atoms with Gasteiger partial charge in [-0.05, 0) is 37.6 Å². The van der Waals surface area contributed by atoms with Gasteiger partial charge in [0.25, 0.3) is 0 Å². The lowest BCUT2D eigenvalue weighted by atomic mass is 10.1. The minimum absolute atomic E-state index is 0.0526. The molecule has 0 bridgehead atoms. The lowest BCUT2D eigenvalue weighted by Gasteiger charge is -2.36. The fourth-order valence-electron chi connectivity index (χ4n) is 1.28. The largest absolute Gasteiger partial charge is 0.412 e. The summed E-state index contributed by atoms with van der Waals surface area (Å²) in [5, 5.41) is 9.64. The van der Waals surface area contributed by atoms with Crippen molar-refractivity contribution in [2.75, 3.05) is 27.1 Å². The summed E-state index contributed by atoms with van der Waals surface area (Å²) in [6, 6.07) is 0. The topological polar surface area (TPSA) is 47.9 Å². The van der Waals surface area contributed by atoms with Gasteiger partial charge in [-0.15, -0.1) is 5.73 Å². The third-order valence-electron chi connectivity index (χ3n) is 4.02. The summed E-state index contributed by atoms with van der Waals surface area (Å²) in [5.41, 5.74) is 4.88. The highest BCUT2D eigenvalue weighted by molar-refractivity contribution is 6.74. The van der Waals surface area contributed by atoms with Crippen LogP contribution in [-0.2, 0) is 13.9 Å². The minimum atomic E-state index is -1.82. The van der Waals surface area contributed by atoms with Gasteiger partial charge in [0.15, 0.2) is 8.32 Å². The number of rotatable bonds is 8. The van der Waals surface area contributed by atoms with Gasteiger partial charge in [0.05, 0.1) is 19.3 Å². The van der Waals surface area contributed by atoms with E-state index in [9.17, 15) is 5.11 Å². The highest BCUT2D eigenvalue weighted by atomic mass is 28.4. The van der Waals surface area contributed by atoms with Crippen molar-refractivity contribution in [3.63, 3.8) is 0 Å². The second-order valence-electron chi connectivity index (χ2n) is 6.83. The van der Waals surface area contributed by atoms with Gasteiger partial charge >= 0.3 is 0 Å². The van der Waals surface area contributed by atoms with Gasteiger partial charge < -0.3 is 19.0 Å². The van der Waals surface area contributed by atoms with E-state index in [4.69, 9.17) is 13.9 Å². The third-order valence-corrected chi connectivity index (χ3v) is 8.50. The van der Waals surface area contributed by atoms with E-state index in [1.54, 1.807) is 7.11 Å². The van der Waals surface area contributed by atoms with Crippen molar-refractivity contribution in [3.05, 3.63) is 16.9 Å². The second-order valence-corrected chi connectivity index (χ2v) is 11.6. The molecule has 21 heavy (non-hydrogen) atoms. The van der Waals surface area contributed by atoms with E-state index < -0.39 is 8.32 Å². The van der Waals surface area contributed by atoms with E-state index in [0.29, 0.717) is 6.61 Å². The predicted molar refractivity (Wildman–Crippen MR) is 88.9 cm³/mol. The van der Waals surface area contributed by atoms with E-state index in [2.05, 4.69) is 39.6 Å². The predicted octanol–water partition coefficient (Wildman–Crippen LogP) is 3.48. The molecule has 0 aliphatic rings. The Bertz CT molecular complexity index is 376. The van der Waals surface area contributed by atoms with E-state index in [0.717, 1.165) is 11.1 Å². The smallest absolute Gasteiger partial charge is 0.192 e. The van der Waals surface area contributed by atoms with Crippen LogP contribution in [0.1, 0.15) is 34.6 Å². The molecule has 0 heterocycles. The summed E-state index contributed by atoms with van der Waals surface area (Å²) in [7, 11) is -0.225. The number of hydrogen-bond acceptors (Lipinski definition) is 4. The van der Waals surface area contributed by atoms with Crippen molar-refractivity contribution in [3.8, 4) is 0 Å². The van der Waals surface area contributed by atoms with Crippen LogP contribution in [0, 0.1) is 0 Å². The standard InChI is InChI=1S/C16H32O4Si/c1-13(14(2)19-12-18-6)9-15(10-17)11-20-21(7,8)16(3,4)5/h14,17H,10-12H2,1-8H3/t9?,14-/m1/s1. The second kappa shape index (κ2) is 8.88. The van der Waals surface area contributed by atoms with Crippen LogP contribution in [-0.4, -0.2) is 46.6 Å². The molecule has 1 atom stereocenters. The molecule has 0 aromatic rings. The lowest BCUT2D eigenvalue weighted by molar-refractivity contribution is -0.0529. The summed E-state index contributed by atoms with van der Waals surface area (Å²) in [6.45, 7) is 15.5. The summed E-state index contributed by atoms with van der Waals surface area (Å²) in [5.74, 6) is 0. The highest BCUT2D eigenvalue weighted by Crippen LogP contribution is 2.36. The average Bonchev–Trinajstić information content (AvgIpc) is 2.38. The summed E-state index contributed by atoms with van der Waals surface area (Å²) in [4.78, 5) is 0. The van der Waals surface area contributed by atoms with Crippen LogP contribution >= 0.6 is 0 Å². The van der Waals surface area contributed by atoms with Crippen molar-refractivity contribution in [2.24, 2.45) is 0 Å². The summed E-state index contributed by atoms with van der Waals surface area (Å²) < 4.78 is 16.4. The monoisotopic (exact) mass is 316 g/mol. The van der Waals surface area contributed by atoms with Gasteiger partial charge in [0, 0.05) is 12.7 Å². The van der Waals surface area contributed by atoms with Gasteiger partial charge in [0.2, 0.25) is 0 Å². The van der Waals surface area contributed by atoms with Gasteiger partial charge in [-0.3, -0.25) is 0 Å². The van der Waals surface area contributed by atoms with E-state index in [-0.39, 0.29) is 24.5 Å². The van der Waals surface area contributed by atoms with Gasteiger partial charge in [-0.1, -0.05) is 20.8 Å². The van der Waals surface area contributed by atoms with Gasteiger partial charge in [-0.2, -0.15) is 0 Å². The van der Waals surface area contributed by atoms with E-state index >= 15 is 0 Å². The molecule has 0 saturated carbocycles. The van der Waals surface area contributed by atoms with Gasteiger partial charge in [-0.25, -0.2) is 0 Å². The van der Waals surface area contributed by atoms with Crippen LogP contribution < -0.4 is 0 Å². The SMILES string of the molecule is COCO[C@H](C)C(C)=C=C(CO)CO[Si](C)(C)C(C)(C)C. The zero-order chi connectivity index (χ0) is 16.7. The Morgan fingerprint density at radius 3 is 2.29 bits per heavy atom. The Morgan fingerprint density at radius 2 is 1.86 bits per heavy atom. The van der Waals surface area contributed by atoms with E-state index in [1.807, 2.05) is 13.8 Å². The normalized spacial score (nSPS) is 13.8. The quantitative estimate of drug-likeness (QED) is 0.423. The molecular weight excluding hydrogens is 284 g/mol. The number of hydrogen-bond donors (Lipinski definition) is 1. The maximum Gasteiger partial charge on any atom is 0.192 e. The molecule has 0 radical (unpaired) electrons. The lowest BCUT2D eigenvalue weighted by Crippen LogP contribution is -2.41. The first kappa shape index (κ1) is 20.6. The Labute approximate surface area is 130 Å². The molecule has 0 aliphatic carbocycles. The van der Waals surface area contributed by atoms with Crippen molar-refractivity contribution in [1.82, 2.24) is 0 Å². The molecule has 4 nitrogen and oxygen atoms in total. The van der Waals surface area contributed by atoms with Crippen LogP contribution in [0.15, 0.2) is 16.9 Å². The third kappa shape index (κ3) is 7.41. The molecule has 0 aromatic heterocycles. The first-order valence-corrected chi connectivity index (χ1v) is 10.3. The zero-order valence-corrected chi connectivity index (χ0v) is 15.9. The number of aliphatic hydroxyl groups excluding tert-OH is 1. The van der Waals surface area contributed by atoms with Crippen molar-refractivity contribution in [2.45, 2.75) is 58.9 Å². The molecule has 0 saturated heterocycles. The van der Waals surface area contributed by atoms with Crippen LogP contribution in [0.5, 0.6) is 0 Å². The number of aliphatic hydroxyl groups is 1. The Morgan fingerprint density at radius 1 is 1.29 bits per heavy atom. The fraction of sp³-hybridized carbons (Fsp3) is 0.812. The summed E-state index contributed by atoms with van der Waals surface area (Å²) >= 11 is 0. The van der Waals surface area contributed by atoms with Crippen molar-refractivity contribution >= 4 is 8.32 Å². The molecule has 0 unspecified atom stereocenters. The molecule has 0 amide bonds. The Hall–Kier alpha value is -0.423. The van der Waals surface area contributed by atoms with Crippen LogP contribution in [0.4, 0.5) is 0 Å². The van der Waals surface area contributed by atoms with Crippen molar-refractivity contribution < 1.29 is 19.0 Å². The molecule has 0 aromatic carbocycles. The molecule has 0 fully saturated rings. The molecular formula is C16H32O4Si. The van der Waals surface area contributed by atoms with Crippen molar-refractivity contribution in [1.29, 1.82) is 0 Å². The average molecular weight is 317 g/mol. The van der Waals surface area contributed by atoms with Crippen LogP contribution in [0.2, 0.25) is 18.1 Å². The Kier molecular flexibility index (Phi) is 8.70. The van der Waals surface area contributed by atoms with Crippen LogP contribution in [0.3, 0.4) is 0 Å². The fourth-order valence-corrected chi connectivity index (χ4v) is 2.25. The first-order valence-electron chi connectivity index (χ1n) is 7.35. The summed E-state index contributed by atoms with van der Waals surface area (Å²) in [6.07, 6.45) is -0.0978. The number of methoxy groups -OCH3 is 1. The van der Waals surface area contributed by atoms with E-state index in [1.165, 1.54) is 0 Å². The zero-order valence-electron chi connectivity index (χ0n) is 14.9. The molecule has 1 N–H and O–H groups in total. The van der Waals surface area contributed by atoms with Crippen LogP contribution in [0.25, 0.3) is 0 Å².